The van der Waals surface area contributed by atoms with E-state index >= 15 is 0 Å². The third kappa shape index (κ3) is 3.25. The van der Waals surface area contributed by atoms with Gasteiger partial charge in [0.2, 0.25) is 0 Å². The van der Waals surface area contributed by atoms with Gasteiger partial charge in [-0.1, -0.05) is 39.7 Å². The van der Waals surface area contributed by atoms with Crippen molar-refractivity contribution in [3.8, 4) is 0 Å². The fourth-order valence-electron chi connectivity index (χ4n) is 3.02. The van der Waals surface area contributed by atoms with E-state index in [1.807, 2.05) is 0 Å². The van der Waals surface area contributed by atoms with E-state index in [-0.39, 0.29) is 17.2 Å². The van der Waals surface area contributed by atoms with Crippen LogP contribution in [0.1, 0.15) is 65.2 Å². The number of hydrogen-bond donors (Lipinski definition) is 0. The minimum atomic E-state index is -0.332. The smallest absolute Gasteiger partial charge is 0.330 e. The molecule has 0 aromatic carbocycles. The molecule has 2 fully saturated rings. The summed E-state index contributed by atoms with van der Waals surface area (Å²) in [6.45, 7) is 8.75. The van der Waals surface area contributed by atoms with Crippen molar-refractivity contribution in [1.82, 2.24) is 0 Å². The summed E-state index contributed by atoms with van der Waals surface area (Å²) in [6.07, 6.45) is 10.1. The number of ether oxygens (including phenoxy) is 2. The Kier molecular flexibility index (Phi) is 4.90. The molecule has 2 saturated carbocycles. The molecule has 3 heteroatoms. The quantitative estimate of drug-likeness (QED) is 0.448. The zero-order valence-corrected chi connectivity index (χ0v) is 13.0. The summed E-state index contributed by atoms with van der Waals surface area (Å²) in [5, 5.41) is 0. The van der Waals surface area contributed by atoms with Crippen LogP contribution in [-0.4, -0.2) is 23.8 Å². The van der Waals surface area contributed by atoms with E-state index in [0.29, 0.717) is 5.92 Å². The third-order valence-corrected chi connectivity index (χ3v) is 4.84. The average Bonchev–Trinajstić information content (AvgIpc) is 3.34. The van der Waals surface area contributed by atoms with E-state index in [9.17, 15) is 4.79 Å². The zero-order chi connectivity index (χ0) is 14.6. The standard InChI is InChI=1S/C17H28O3/c1-4-7-8-14(5-2)13-19-16(9-10-16)17(11-12-17)20-15(18)6-3/h6,14H,3-5,7-13H2,1-2H3. The van der Waals surface area contributed by atoms with Gasteiger partial charge in [0.25, 0.3) is 0 Å². The van der Waals surface area contributed by atoms with Gasteiger partial charge < -0.3 is 9.47 Å². The fraction of sp³-hybridized carbons (Fsp3) is 0.824. The molecule has 0 aromatic rings. The Morgan fingerprint density at radius 3 is 2.35 bits per heavy atom. The van der Waals surface area contributed by atoms with Gasteiger partial charge in [-0.05, 0) is 38.0 Å². The maximum atomic E-state index is 11.5. The summed E-state index contributed by atoms with van der Waals surface area (Å²) in [5.74, 6) is 0.328. The van der Waals surface area contributed by atoms with E-state index in [2.05, 4.69) is 20.4 Å². The first kappa shape index (κ1) is 15.6. The lowest BCUT2D eigenvalue weighted by Gasteiger charge is -2.28. The van der Waals surface area contributed by atoms with Crippen LogP contribution < -0.4 is 0 Å². The molecule has 0 heterocycles. The first-order valence-corrected chi connectivity index (χ1v) is 8.11. The van der Waals surface area contributed by atoms with Crippen LogP contribution in [0, 0.1) is 5.92 Å². The predicted molar refractivity (Wildman–Crippen MR) is 79.5 cm³/mol. The van der Waals surface area contributed by atoms with Crippen LogP contribution in [0.5, 0.6) is 0 Å². The van der Waals surface area contributed by atoms with Gasteiger partial charge in [0, 0.05) is 6.08 Å². The molecule has 2 rings (SSSR count). The van der Waals surface area contributed by atoms with Crippen LogP contribution in [0.2, 0.25) is 0 Å². The SMILES string of the molecule is C=CC(=O)OC1(C2(OCC(CC)CCCC)CC2)CC1. The number of hydrogen-bond acceptors (Lipinski definition) is 3. The second-order valence-electron chi connectivity index (χ2n) is 6.34. The molecule has 20 heavy (non-hydrogen) atoms. The monoisotopic (exact) mass is 280 g/mol. The Morgan fingerprint density at radius 1 is 1.25 bits per heavy atom. The van der Waals surface area contributed by atoms with Crippen LogP contribution in [0.15, 0.2) is 12.7 Å². The molecule has 0 spiro atoms. The summed E-state index contributed by atoms with van der Waals surface area (Å²) in [4.78, 5) is 11.5. The lowest BCUT2D eigenvalue weighted by atomic mass is 10.00. The number of unbranched alkanes of at least 4 members (excludes halogenated alkanes) is 1. The van der Waals surface area contributed by atoms with Crippen molar-refractivity contribution < 1.29 is 14.3 Å². The van der Waals surface area contributed by atoms with Gasteiger partial charge in [-0.3, -0.25) is 0 Å². The van der Waals surface area contributed by atoms with E-state index in [4.69, 9.17) is 9.47 Å². The second-order valence-corrected chi connectivity index (χ2v) is 6.34. The van der Waals surface area contributed by atoms with Crippen molar-refractivity contribution in [2.45, 2.75) is 76.4 Å². The molecule has 0 bridgehead atoms. The van der Waals surface area contributed by atoms with Crippen LogP contribution in [0.4, 0.5) is 0 Å². The molecule has 0 aromatic heterocycles. The van der Waals surface area contributed by atoms with Gasteiger partial charge >= 0.3 is 5.97 Å². The largest absolute Gasteiger partial charge is 0.453 e. The number of carbonyl (C=O) groups is 1. The highest BCUT2D eigenvalue weighted by Crippen LogP contribution is 2.62. The van der Waals surface area contributed by atoms with Crippen LogP contribution in [0.25, 0.3) is 0 Å². The molecule has 0 radical (unpaired) electrons. The molecular formula is C17H28O3. The Hall–Kier alpha value is -0.830. The molecular weight excluding hydrogens is 252 g/mol. The average molecular weight is 280 g/mol. The predicted octanol–water partition coefficient (Wildman–Crippen LogP) is 4.01. The van der Waals surface area contributed by atoms with Crippen LogP contribution in [-0.2, 0) is 14.3 Å². The maximum absolute atomic E-state index is 11.5. The summed E-state index contributed by atoms with van der Waals surface area (Å²) < 4.78 is 11.8. The van der Waals surface area contributed by atoms with Crippen LogP contribution in [0.3, 0.4) is 0 Å². The normalized spacial score (nSPS) is 22.9. The maximum Gasteiger partial charge on any atom is 0.330 e. The topological polar surface area (TPSA) is 35.5 Å². The molecule has 114 valence electrons. The Labute approximate surface area is 122 Å². The molecule has 0 N–H and O–H groups in total. The molecule has 0 amide bonds. The number of rotatable bonds is 10. The molecule has 0 aliphatic heterocycles. The Morgan fingerprint density at radius 2 is 1.90 bits per heavy atom. The summed E-state index contributed by atoms with van der Waals surface area (Å²) in [6, 6.07) is 0. The van der Waals surface area contributed by atoms with E-state index in [1.165, 1.54) is 25.3 Å². The zero-order valence-electron chi connectivity index (χ0n) is 13.0. The van der Waals surface area contributed by atoms with E-state index < -0.39 is 0 Å². The van der Waals surface area contributed by atoms with Crippen LogP contribution >= 0.6 is 0 Å². The lowest BCUT2D eigenvalue weighted by Crippen LogP contribution is -2.38. The lowest BCUT2D eigenvalue weighted by molar-refractivity contribution is -0.161. The molecule has 1 atom stereocenters. The van der Waals surface area contributed by atoms with Crippen molar-refractivity contribution in [2.75, 3.05) is 6.61 Å². The van der Waals surface area contributed by atoms with Gasteiger partial charge in [0.1, 0.15) is 11.2 Å². The van der Waals surface area contributed by atoms with Crippen molar-refractivity contribution in [3.05, 3.63) is 12.7 Å². The van der Waals surface area contributed by atoms with E-state index in [1.54, 1.807) is 0 Å². The van der Waals surface area contributed by atoms with Crippen molar-refractivity contribution in [1.29, 1.82) is 0 Å². The van der Waals surface area contributed by atoms with Gasteiger partial charge in [0.15, 0.2) is 0 Å². The molecule has 2 aliphatic carbocycles. The Bertz CT molecular complexity index is 353. The molecule has 1 unspecified atom stereocenters. The van der Waals surface area contributed by atoms with Gasteiger partial charge in [-0.25, -0.2) is 4.79 Å². The number of carbonyl (C=O) groups excluding carboxylic acids is 1. The Balaban J connectivity index is 1.85. The van der Waals surface area contributed by atoms with Crippen molar-refractivity contribution in [3.63, 3.8) is 0 Å². The summed E-state index contributed by atoms with van der Waals surface area (Å²) in [5.41, 5.74) is -0.507. The summed E-state index contributed by atoms with van der Waals surface area (Å²) in [7, 11) is 0. The van der Waals surface area contributed by atoms with Gasteiger partial charge in [-0.2, -0.15) is 0 Å². The van der Waals surface area contributed by atoms with E-state index in [0.717, 1.165) is 38.7 Å². The second kappa shape index (κ2) is 6.30. The number of esters is 1. The third-order valence-electron chi connectivity index (χ3n) is 4.84. The molecule has 0 saturated heterocycles. The summed E-state index contributed by atoms with van der Waals surface area (Å²) >= 11 is 0. The van der Waals surface area contributed by atoms with Gasteiger partial charge in [-0.15, -0.1) is 0 Å². The fourth-order valence-corrected chi connectivity index (χ4v) is 3.02. The first-order chi connectivity index (χ1) is 9.61. The molecule has 2 aliphatic rings. The minimum absolute atomic E-state index is 0.175. The first-order valence-electron chi connectivity index (χ1n) is 8.11. The van der Waals surface area contributed by atoms with Crippen molar-refractivity contribution in [2.24, 2.45) is 5.92 Å². The highest BCUT2D eigenvalue weighted by Gasteiger charge is 2.69. The highest BCUT2D eigenvalue weighted by atomic mass is 16.6. The van der Waals surface area contributed by atoms with Gasteiger partial charge in [0.05, 0.1) is 6.61 Å². The highest BCUT2D eigenvalue weighted by molar-refractivity contribution is 5.82. The minimum Gasteiger partial charge on any atom is -0.453 e. The molecule has 3 nitrogen and oxygen atoms in total. The van der Waals surface area contributed by atoms with Crippen molar-refractivity contribution >= 4 is 5.97 Å².